The van der Waals surface area contributed by atoms with Crippen molar-refractivity contribution in [2.75, 3.05) is 7.11 Å². The van der Waals surface area contributed by atoms with Gasteiger partial charge in [0.1, 0.15) is 5.52 Å². The van der Waals surface area contributed by atoms with E-state index in [0.29, 0.717) is 16.8 Å². The standard InChI is InChI=1S/C14H11F2N3O2S/c1-20-8-9-6-7-17-13(18-9)22-14(15,16)12-19-10-4-2-3-5-11(10)21-12/h2-7H,8H2,1H3. The molecule has 0 unspecified atom stereocenters. The number of thioether (sulfide) groups is 1. The molecular formula is C14H11F2N3O2S. The normalized spacial score (nSPS) is 12.0. The Morgan fingerprint density at radius 2 is 2.05 bits per heavy atom. The summed E-state index contributed by atoms with van der Waals surface area (Å²) in [7, 11) is 1.50. The van der Waals surface area contributed by atoms with E-state index in [1.807, 2.05) is 0 Å². The fourth-order valence-corrected chi connectivity index (χ4v) is 2.49. The summed E-state index contributed by atoms with van der Waals surface area (Å²) in [6, 6.07) is 8.20. The number of methoxy groups -OCH3 is 1. The van der Waals surface area contributed by atoms with E-state index in [4.69, 9.17) is 9.15 Å². The first-order valence-electron chi connectivity index (χ1n) is 6.32. The lowest BCUT2D eigenvalue weighted by atomic mass is 10.3. The molecule has 2 heterocycles. The van der Waals surface area contributed by atoms with Crippen LogP contribution in [0.5, 0.6) is 0 Å². The van der Waals surface area contributed by atoms with Crippen LogP contribution in [0.1, 0.15) is 11.6 Å². The SMILES string of the molecule is COCc1ccnc(SC(F)(F)c2nc3ccccc3o2)n1. The zero-order chi connectivity index (χ0) is 15.6. The Bertz CT molecular complexity index is 761. The summed E-state index contributed by atoms with van der Waals surface area (Å²) in [4.78, 5) is 11.7. The van der Waals surface area contributed by atoms with Crippen molar-refractivity contribution in [3.05, 3.63) is 48.1 Å². The molecule has 22 heavy (non-hydrogen) atoms. The number of aromatic nitrogens is 3. The highest BCUT2D eigenvalue weighted by Gasteiger charge is 2.40. The van der Waals surface area contributed by atoms with Gasteiger partial charge in [0.2, 0.25) is 0 Å². The Morgan fingerprint density at radius 1 is 1.23 bits per heavy atom. The van der Waals surface area contributed by atoms with Crippen LogP contribution in [0, 0.1) is 0 Å². The number of hydrogen-bond donors (Lipinski definition) is 0. The molecule has 5 nitrogen and oxygen atoms in total. The van der Waals surface area contributed by atoms with Gasteiger partial charge in [-0.15, -0.1) is 0 Å². The second-order valence-electron chi connectivity index (χ2n) is 4.37. The van der Waals surface area contributed by atoms with Gasteiger partial charge in [-0.25, -0.2) is 15.0 Å². The van der Waals surface area contributed by atoms with Gasteiger partial charge in [-0.2, -0.15) is 8.78 Å². The molecular weight excluding hydrogens is 312 g/mol. The maximum atomic E-state index is 14.3. The maximum Gasteiger partial charge on any atom is 0.375 e. The average Bonchev–Trinajstić information content (AvgIpc) is 2.92. The molecule has 114 valence electrons. The maximum absolute atomic E-state index is 14.3. The quantitative estimate of drug-likeness (QED) is 0.528. The average molecular weight is 323 g/mol. The van der Waals surface area contributed by atoms with Crippen LogP contribution in [0.4, 0.5) is 8.78 Å². The smallest absolute Gasteiger partial charge is 0.375 e. The summed E-state index contributed by atoms with van der Waals surface area (Å²) in [6.45, 7) is 0.227. The fourth-order valence-electron chi connectivity index (χ4n) is 1.81. The number of hydrogen-bond acceptors (Lipinski definition) is 6. The third-order valence-corrected chi connectivity index (χ3v) is 3.56. The van der Waals surface area contributed by atoms with Gasteiger partial charge in [-0.1, -0.05) is 12.1 Å². The first-order chi connectivity index (χ1) is 10.6. The predicted octanol–water partition coefficient (Wildman–Crippen LogP) is 3.61. The molecule has 0 fully saturated rings. The lowest BCUT2D eigenvalue weighted by Crippen LogP contribution is -2.10. The number of fused-ring (bicyclic) bond motifs is 1. The van der Waals surface area contributed by atoms with Crippen LogP contribution in [0.2, 0.25) is 0 Å². The van der Waals surface area contributed by atoms with Gasteiger partial charge in [0.25, 0.3) is 5.89 Å². The van der Waals surface area contributed by atoms with Crippen molar-refractivity contribution in [1.82, 2.24) is 15.0 Å². The summed E-state index contributed by atoms with van der Waals surface area (Å²) in [6.07, 6.45) is 1.41. The molecule has 1 aromatic carbocycles. The summed E-state index contributed by atoms with van der Waals surface area (Å²) in [5.41, 5.74) is 1.21. The Balaban J connectivity index is 1.87. The van der Waals surface area contributed by atoms with Crippen LogP contribution >= 0.6 is 11.8 Å². The summed E-state index contributed by atoms with van der Waals surface area (Å²) >= 11 is 0.187. The van der Waals surface area contributed by atoms with Crippen LogP contribution in [-0.2, 0) is 16.6 Å². The molecule has 3 rings (SSSR count). The minimum atomic E-state index is -3.37. The molecule has 0 N–H and O–H groups in total. The van der Waals surface area contributed by atoms with E-state index in [2.05, 4.69) is 15.0 Å². The number of benzene rings is 1. The van der Waals surface area contributed by atoms with Gasteiger partial charge in [-0.05, 0) is 30.0 Å². The molecule has 0 amide bonds. The molecule has 0 atom stereocenters. The lowest BCUT2D eigenvalue weighted by molar-refractivity contribution is 0.0732. The van der Waals surface area contributed by atoms with Crippen LogP contribution < -0.4 is 0 Å². The van der Waals surface area contributed by atoms with Crippen molar-refractivity contribution in [1.29, 1.82) is 0 Å². The van der Waals surface area contributed by atoms with E-state index < -0.39 is 11.1 Å². The van der Waals surface area contributed by atoms with E-state index in [0.717, 1.165) is 0 Å². The van der Waals surface area contributed by atoms with E-state index in [1.165, 1.54) is 13.3 Å². The number of rotatable bonds is 5. The predicted molar refractivity (Wildman–Crippen MR) is 76.5 cm³/mol. The zero-order valence-corrected chi connectivity index (χ0v) is 12.3. The molecule has 0 aliphatic carbocycles. The lowest BCUT2D eigenvalue weighted by Gasteiger charge is -2.10. The molecule has 3 aromatic rings. The van der Waals surface area contributed by atoms with E-state index >= 15 is 0 Å². The van der Waals surface area contributed by atoms with Crippen LogP contribution in [0.25, 0.3) is 11.1 Å². The topological polar surface area (TPSA) is 61.0 Å². The van der Waals surface area contributed by atoms with Crippen molar-refractivity contribution < 1.29 is 17.9 Å². The van der Waals surface area contributed by atoms with Crippen molar-refractivity contribution in [3.8, 4) is 0 Å². The molecule has 2 aromatic heterocycles. The van der Waals surface area contributed by atoms with Gasteiger partial charge in [0, 0.05) is 13.3 Å². The Kier molecular flexibility index (Phi) is 4.04. The monoisotopic (exact) mass is 323 g/mol. The number of nitrogens with zero attached hydrogens (tertiary/aromatic N) is 3. The molecule has 0 spiro atoms. The third-order valence-electron chi connectivity index (χ3n) is 2.75. The molecule has 0 radical (unpaired) electrons. The second kappa shape index (κ2) is 5.98. The molecule has 0 saturated heterocycles. The van der Waals surface area contributed by atoms with Crippen LogP contribution in [-0.4, -0.2) is 22.1 Å². The van der Waals surface area contributed by atoms with Crippen molar-refractivity contribution in [3.63, 3.8) is 0 Å². The van der Waals surface area contributed by atoms with Crippen molar-refractivity contribution >= 4 is 22.9 Å². The Hall–Kier alpha value is -2.06. The van der Waals surface area contributed by atoms with Crippen LogP contribution in [0.15, 0.2) is 46.1 Å². The van der Waals surface area contributed by atoms with Crippen molar-refractivity contribution in [2.45, 2.75) is 17.0 Å². The molecule has 8 heteroatoms. The third kappa shape index (κ3) is 3.07. The van der Waals surface area contributed by atoms with Gasteiger partial charge in [-0.3, -0.25) is 0 Å². The van der Waals surface area contributed by atoms with Gasteiger partial charge < -0.3 is 9.15 Å². The molecule has 0 saturated carbocycles. The zero-order valence-electron chi connectivity index (χ0n) is 11.5. The van der Waals surface area contributed by atoms with Crippen LogP contribution in [0.3, 0.4) is 0 Å². The minimum Gasteiger partial charge on any atom is -0.434 e. The Morgan fingerprint density at radius 3 is 2.82 bits per heavy atom. The number of alkyl halides is 2. The fraction of sp³-hybridized carbons (Fsp3) is 0.214. The van der Waals surface area contributed by atoms with E-state index in [1.54, 1.807) is 30.3 Å². The highest BCUT2D eigenvalue weighted by Crippen LogP contribution is 2.43. The first kappa shape index (κ1) is 14.9. The van der Waals surface area contributed by atoms with Gasteiger partial charge in [0.15, 0.2) is 10.7 Å². The number of oxazole rings is 1. The van der Waals surface area contributed by atoms with E-state index in [-0.39, 0.29) is 23.5 Å². The highest BCUT2D eigenvalue weighted by molar-refractivity contribution is 7.99. The second-order valence-corrected chi connectivity index (χ2v) is 5.45. The number of halogens is 2. The van der Waals surface area contributed by atoms with E-state index in [9.17, 15) is 8.78 Å². The van der Waals surface area contributed by atoms with Gasteiger partial charge >= 0.3 is 5.25 Å². The Labute approximate surface area is 128 Å². The summed E-state index contributed by atoms with van der Waals surface area (Å²) < 4.78 is 38.6. The molecule has 0 aliphatic rings. The number of para-hydroxylation sites is 2. The molecule has 0 aliphatic heterocycles. The number of ether oxygens (including phenoxy) is 1. The molecule has 0 bridgehead atoms. The highest BCUT2D eigenvalue weighted by atomic mass is 32.2. The largest absolute Gasteiger partial charge is 0.434 e. The first-order valence-corrected chi connectivity index (χ1v) is 7.14. The summed E-state index contributed by atoms with van der Waals surface area (Å²) in [5, 5.41) is -3.44. The minimum absolute atomic E-state index is 0.0678. The van der Waals surface area contributed by atoms with Crippen molar-refractivity contribution in [2.24, 2.45) is 0 Å². The summed E-state index contributed by atoms with van der Waals surface area (Å²) in [5.74, 6) is -0.667. The van der Waals surface area contributed by atoms with Gasteiger partial charge in [0.05, 0.1) is 12.3 Å².